The molecule has 0 radical (unpaired) electrons. The third-order valence-corrected chi connectivity index (χ3v) is 4.41. The van der Waals surface area contributed by atoms with E-state index in [0.29, 0.717) is 6.54 Å². The molecule has 0 fully saturated rings. The van der Waals surface area contributed by atoms with Crippen LogP contribution in [0, 0.1) is 0 Å². The van der Waals surface area contributed by atoms with E-state index < -0.39 is 5.60 Å². The van der Waals surface area contributed by atoms with Crippen molar-refractivity contribution >= 4 is 17.0 Å². The van der Waals surface area contributed by atoms with Crippen LogP contribution in [-0.4, -0.2) is 28.9 Å². The van der Waals surface area contributed by atoms with E-state index in [9.17, 15) is 4.79 Å². The second-order valence-electron chi connectivity index (χ2n) is 7.74. The van der Waals surface area contributed by atoms with E-state index in [1.807, 2.05) is 27.7 Å². The lowest BCUT2D eigenvalue weighted by Gasteiger charge is -2.22. The number of carbonyl (C=O) groups excluding carboxylic acids is 1. The molecule has 2 heterocycles. The van der Waals surface area contributed by atoms with Crippen LogP contribution in [-0.2, 0) is 24.1 Å². The Morgan fingerprint density at radius 2 is 2.16 bits per heavy atom. The van der Waals surface area contributed by atoms with Gasteiger partial charge >= 0.3 is 6.09 Å². The highest BCUT2D eigenvalue weighted by Crippen LogP contribution is 2.35. The summed E-state index contributed by atoms with van der Waals surface area (Å²) in [5, 5.41) is 4.22. The van der Waals surface area contributed by atoms with E-state index >= 15 is 0 Å². The number of nitrogens with zero attached hydrogens (tertiary/aromatic N) is 1. The van der Waals surface area contributed by atoms with Crippen molar-refractivity contribution < 1.29 is 14.3 Å². The standard InChI is InChI=1S/C20H28N2O3/c1-6-14-12-22(11-13(2)21-19(23)25-20(3,4)5)18-15(14)7-8-17-16(18)9-10-24-17/h7-8,12-13H,6,9-11H2,1-5H3,(H,21,23). The molecule has 1 unspecified atom stereocenters. The fraction of sp³-hybridized carbons (Fsp3) is 0.550. The van der Waals surface area contributed by atoms with Gasteiger partial charge in [0.1, 0.15) is 11.4 Å². The normalized spacial score (nSPS) is 14.9. The lowest BCUT2D eigenvalue weighted by molar-refractivity contribution is 0.0504. The molecular formula is C20H28N2O3. The van der Waals surface area contributed by atoms with Gasteiger partial charge in [-0.2, -0.15) is 0 Å². The molecular weight excluding hydrogens is 316 g/mol. The Labute approximate surface area is 149 Å². The van der Waals surface area contributed by atoms with Crippen molar-refractivity contribution in [3.8, 4) is 5.75 Å². The number of ether oxygens (including phenoxy) is 2. The van der Waals surface area contributed by atoms with Crippen LogP contribution in [0.4, 0.5) is 4.79 Å². The number of aryl methyl sites for hydroxylation is 1. The molecule has 5 heteroatoms. The first-order valence-corrected chi connectivity index (χ1v) is 9.04. The Morgan fingerprint density at radius 1 is 1.40 bits per heavy atom. The van der Waals surface area contributed by atoms with Gasteiger partial charge in [0.05, 0.1) is 12.1 Å². The van der Waals surface area contributed by atoms with Crippen LogP contribution in [0.5, 0.6) is 5.75 Å². The Morgan fingerprint density at radius 3 is 2.84 bits per heavy atom. The van der Waals surface area contributed by atoms with E-state index in [-0.39, 0.29) is 12.1 Å². The summed E-state index contributed by atoms with van der Waals surface area (Å²) < 4.78 is 13.3. The van der Waals surface area contributed by atoms with E-state index in [1.54, 1.807) is 0 Å². The molecule has 0 spiro atoms. The van der Waals surface area contributed by atoms with E-state index in [1.165, 1.54) is 22.0 Å². The third kappa shape index (κ3) is 3.75. The third-order valence-electron chi connectivity index (χ3n) is 4.41. The second-order valence-corrected chi connectivity index (χ2v) is 7.74. The first kappa shape index (κ1) is 17.6. The van der Waals surface area contributed by atoms with Crippen molar-refractivity contribution in [3.63, 3.8) is 0 Å². The maximum Gasteiger partial charge on any atom is 0.407 e. The molecule has 1 aliphatic heterocycles. The Balaban J connectivity index is 1.84. The smallest absolute Gasteiger partial charge is 0.407 e. The quantitative estimate of drug-likeness (QED) is 0.910. The number of nitrogens with one attached hydrogen (secondary N) is 1. The molecule has 1 aromatic carbocycles. The Bertz CT molecular complexity index is 786. The number of hydrogen-bond donors (Lipinski definition) is 1. The van der Waals surface area contributed by atoms with Crippen LogP contribution in [0.1, 0.15) is 45.7 Å². The first-order chi connectivity index (χ1) is 11.8. The number of rotatable bonds is 4. The molecule has 1 aromatic heterocycles. The minimum absolute atomic E-state index is 0.0340. The van der Waals surface area contributed by atoms with Gasteiger partial charge < -0.3 is 19.4 Å². The van der Waals surface area contributed by atoms with E-state index in [0.717, 1.165) is 25.2 Å². The molecule has 1 amide bonds. The molecule has 1 aliphatic rings. The number of aromatic nitrogens is 1. The summed E-state index contributed by atoms with van der Waals surface area (Å²) in [5.41, 5.74) is 3.36. The molecule has 2 aromatic rings. The summed E-state index contributed by atoms with van der Waals surface area (Å²) in [7, 11) is 0. The van der Waals surface area contributed by atoms with Gasteiger partial charge in [-0.05, 0) is 51.8 Å². The van der Waals surface area contributed by atoms with Crippen LogP contribution >= 0.6 is 0 Å². The summed E-state index contributed by atoms with van der Waals surface area (Å²) >= 11 is 0. The molecule has 0 saturated heterocycles. The fourth-order valence-corrected chi connectivity index (χ4v) is 3.44. The predicted molar refractivity (Wildman–Crippen MR) is 99.3 cm³/mol. The van der Waals surface area contributed by atoms with Crippen LogP contribution in [0.15, 0.2) is 18.3 Å². The molecule has 1 N–H and O–H groups in total. The number of alkyl carbamates (subject to hydrolysis) is 1. The van der Waals surface area contributed by atoms with Gasteiger partial charge in [-0.15, -0.1) is 0 Å². The molecule has 1 atom stereocenters. The topological polar surface area (TPSA) is 52.5 Å². The summed E-state index contributed by atoms with van der Waals surface area (Å²) in [4.78, 5) is 12.0. The van der Waals surface area contributed by atoms with Crippen molar-refractivity contribution in [1.82, 2.24) is 9.88 Å². The van der Waals surface area contributed by atoms with Crippen molar-refractivity contribution in [3.05, 3.63) is 29.5 Å². The molecule has 3 rings (SSSR count). The Kier molecular flexibility index (Phi) is 4.67. The maximum absolute atomic E-state index is 12.0. The minimum Gasteiger partial charge on any atom is -0.493 e. The van der Waals surface area contributed by atoms with Crippen molar-refractivity contribution in [2.45, 2.75) is 65.6 Å². The molecule has 5 nitrogen and oxygen atoms in total. The fourth-order valence-electron chi connectivity index (χ4n) is 3.44. The van der Waals surface area contributed by atoms with Gasteiger partial charge in [0, 0.05) is 36.2 Å². The van der Waals surface area contributed by atoms with Gasteiger partial charge in [0.2, 0.25) is 0 Å². The van der Waals surface area contributed by atoms with Gasteiger partial charge in [-0.25, -0.2) is 4.79 Å². The SMILES string of the molecule is CCc1cn(CC(C)NC(=O)OC(C)(C)C)c2c3c(ccc12)OCC3. The van der Waals surface area contributed by atoms with E-state index in [2.05, 4.69) is 35.1 Å². The number of benzene rings is 1. The second kappa shape index (κ2) is 6.62. The molecule has 0 saturated carbocycles. The predicted octanol–water partition coefficient (Wildman–Crippen LogP) is 4.05. The van der Waals surface area contributed by atoms with Crippen LogP contribution < -0.4 is 10.1 Å². The lowest BCUT2D eigenvalue weighted by atomic mass is 10.1. The highest BCUT2D eigenvalue weighted by Gasteiger charge is 2.22. The molecule has 0 aliphatic carbocycles. The van der Waals surface area contributed by atoms with Crippen molar-refractivity contribution in [2.24, 2.45) is 0 Å². The monoisotopic (exact) mass is 344 g/mol. The van der Waals surface area contributed by atoms with Crippen molar-refractivity contribution in [1.29, 1.82) is 0 Å². The average Bonchev–Trinajstić information content (AvgIpc) is 3.08. The first-order valence-electron chi connectivity index (χ1n) is 9.04. The summed E-state index contributed by atoms with van der Waals surface area (Å²) in [6.45, 7) is 11.2. The van der Waals surface area contributed by atoms with Gasteiger partial charge in [0.25, 0.3) is 0 Å². The largest absolute Gasteiger partial charge is 0.493 e. The number of fused-ring (bicyclic) bond motifs is 3. The van der Waals surface area contributed by atoms with Crippen LogP contribution in [0.25, 0.3) is 10.9 Å². The van der Waals surface area contributed by atoms with Crippen molar-refractivity contribution in [2.75, 3.05) is 6.61 Å². The zero-order valence-corrected chi connectivity index (χ0v) is 15.8. The zero-order chi connectivity index (χ0) is 18.2. The van der Waals surface area contributed by atoms with E-state index in [4.69, 9.17) is 9.47 Å². The average molecular weight is 344 g/mol. The van der Waals surface area contributed by atoms with Crippen LogP contribution in [0.3, 0.4) is 0 Å². The summed E-state index contributed by atoms with van der Waals surface area (Å²) in [6, 6.07) is 4.20. The molecule has 0 bridgehead atoms. The highest BCUT2D eigenvalue weighted by atomic mass is 16.6. The summed E-state index contributed by atoms with van der Waals surface area (Å²) in [5.74, 6) is 0.988. The summed E-state index contributed by atoms with van der Waals surface area (Å²) in [6.07, 6.45) is 3.75. The number of amides is 1. The molecule has 25 heavy (non-hydrogen) atoms. The Hall–Kier alpha value is -2.17. The van der Waals surface area contributed by atoms with Gasteiger partial charge in [-0.1, -0.05) is 6.92 Å². The van der Waals surface area contributed by atoms with Gasteiger partial charge in [0.15, 0.2) is 0 Å². The number of hydrogen-bond acceptors (Lipinski definition) is 3. The maximum atomic E-state index is 12.0. The van der Waals surface area contributed by atoms with Crippen LogP contribution in [0.2, 0.25) is 0 Å². The highest BCUT2D eigenvalue weighted by molar-refractivity contribution is 5.89. The lowest BCUT2D eigenvalue weighted by Crippen LogP contribution is -2.39. The minimum atomic E-state index is -0.489. The zero-order valence-electron chi connectivity index (χ0n) is 15.8. The number of carbonyl (C=O) groups is 1. The van der Waals surface area contributed by atoms with Gasteiger partial charge in [-0.3, -0.25) is 0 Å². The molecule has 136 valence electrons.